The van der Waals surface area contributed by atoms with E-state index < -0.39 is 23.2 Å². The van der Waals surface area contributed by atoms with Crippen LogP contribution >= 0.6 is 0 Å². The van der Waals surface area contributed by atoms with Crippen LogP contribution in [0, 0.1) is 5.41 Å². The van der Waals surface area contributed by atoms with Gasteiger partial charge >= 0.3 is 0 Å². The fourth-order valence-corrected chi connectivity index (χ4v) is 5.77. The summed E-state index contributed by atoms with van der Waals surface area (Å²) in [7, 11) is 0. The van der Waals surface area contributed by atoms with Gasteiger partial charge in [-0.05, 0) is 44.0 Å². The van der Waals surface area contributed by atoms with Gasteiger partial charge in [0.1, 0.15) is 23.1 Å². The molecule has 4 N–H and O–H groups in total. The number of nitrogens with zero attached hydrogens (tertiary/aromatic N) is 1. The monoisotopic (exact) mass is 506 g/mol. The number of aliphatic hydroxyl groups excluding tert-OH is 1. The Hall–Kier alpha value is -3.59. The standard InChI is InChI=1S/C28H34N4O5/c1-4-28(5-2)15-24(34)32(26(29)31-28)20-12-13-36-21-11-10-17(14-18(20)21)25(35)30-27(3)19-8-6-7-9-22(19)37-23(27)16-33/h6-11,14,20,23,33H,4-5,12-13,15-16H2,1-3H3,(H2,29,31)(H,30,35)/t20-,23?,27?/m1/s1. The van der Waals surface area contributed by atoms with Crippen LogP contribution in [0.2, 0.25) is 0 Å². The van der Waals surface area contributed by atoms with Gasteiger partial charge in [0.25, 0.3) is 5.91 Å². The van der Waals surface area contributed by atoms with Gasteiger partial charge in [0.15, 0.2) is 5.96 Å². The van der Waals surface area contributed by atoms with E-state index in [4.69, 9.17) is 14.9 Å². The summed E-state index contributed by atoms with van der Waals surface area (Å²) in [6.07, 6.45) is 1.71. The number of hydrogen-bond acceptors (Lipinski definition) is 6. The molecule has 0 saturated carbocycles. The third kappa shape index (κ3) is 4.11. The van der Waals surface area contributed by atoms with Gasteiger partial charge in [0, 0.05) is 28.7 Å². The van der Waals surface area contributed by atoms with Gasteiger partial charge < -0.3 is 25.2 Å². The molecule has 2 aromatic rings. The molecule has 5 rings (SSSR count). The van der Waals surface area contributed by atoms with E-state index >= 15 is 0 Å². The highest BCUT2D eigenvalue weighted by Crippen LogP contribution is 2.42. The Morgan fingerprint density at radius 1 is 1.22 bits per heavy atom. The van der Waals surface area contributed by atoms with Crippen molar-refractivity contribution in [2.75, 3.05) is 13.2 Å². The summed E-state index contributed by atoms with van der Waals surface area (Å²) in [4.78, 5) is 28.3. The molecule has 0 bridgehead atoms. The van der Waals surface area contributed by atoms with Gasteiger partial charge in [-0.3, -0.25) is 19.9 Å². The summed E-state index contributed by atoms with van der Waals surface area (Å²) in [5.74, 6) is 0.893. The number of carbonyl (C=O) groups excluding carboxylic acids is 2. The van der Waals surface area contributed by atoms with Crippen molar-refractivity contribution in [3.05, 3.63) is 59.2 Å². The maximum atomic E-state index is 13.5. The molecule has 196 valence electrons. The van der Waals surface area contributed by atoms with Gasteiger partial charge in [-0.15, -0.1) is 0 Å². The van der Waals surface area contributed by atoms with Crippen LogP contribution in [0.5, 0.6) is 11.5 Å². The van der Waals surface area contributed by atoms with E-state index in [-0.39, 0.29) is 24.4 Å². The van der Waals surface area contributed by atoms with E-state index in [9.17, 15) is 14.7 Å². The van der Waals surface area contributed by atoms with E-state index in [2.05, 4.69) is 10.6 Å². The first-order chi connectivity index (χ1) is 17.7. The maximum Gasteiger partial charge on any atom is 0.252 e. The number of nitrogens with one attached hydrogen (secondary N) is 3. The first kappa shape index (κ1) is 25.1. The molecule has 0 spiro atoms. The maximum absolute atomic E-state index is 13.5. The van der Waals surface area contributed by atoms with Crippen molar-refractivity contribution in [1.82, 2.24) is 15.5 Å². The number of benzene rings is 2. The minimum atomic E-state index is -0.924. The van der Waals surface area contributed by atoms with E-state index in [1.807, 2.05) is 45.0 Å². The predicted molar refractivity (Wildman–Crippen MR) is 138 cm³/mol. The molecular weight excluding hydrogens is 472 g/mol. The SMILES string of the molecule is CCC1(CC)CC(=O)N([C@@H]2CCOc3ccc(C(=O)NC4(C)c5ccccc5OC4CO)cc32)C(=N)N1. The fraction of sp³-hybridized carbons (Fsp3) is 0.464. The van der Waals surface area contributed by atoms with Crippen LogP contribution in [-0.4, -0.2) is 52.6 Å². The summed E-state index contributed by atoms with van der Waals surface area (Å²) in [6, 6.07) is 12.2. The highest BCUT2D eigenvalue weighted by atomic mass is 16.5. The summed E-state index contributed by atoms with van der Waals surface area (Å²) < 4.78 is 11.7. The third-order valence-electron chi connectivity index (χ3n) is 8.23. The highest BCUT2D eigenvalue weighted by Gasteiger charge is 2.47. The van der Waals surface area contributed by atoms with Crippen molar-refractivity contribution < 1.29 is 24.2 Å². The first-order valence-electron chi connectivity index (χ1n) is 12.9. The van der Waals surface area contributed by atoms with E-state index in [0.29, 0.717) is 42.1 Å². The second-order valence-electron chi connectivity index (χ2n) is 10.2. The first-order valence-corrected chi connectivity index (χ1v) is 12.9. The van der Waals surface area contributed by atoms with Gasteiger partial charge in [0.05, 0.1) is 25.7 Å². The van der Waals surface area contributed by atoms with Crippen LogP contribution in [0.3, 0.4) is 0 Å². The Morgan fingerprint density at radius 2 is 1.97 bits per heavy atom. The molecule has 0 aliphatic carbocycles. The Bertz CT molecular complexity index is 1220. The molecule has 3 aliphatic rings. The van der Waals surface area contributed by atoms with Gasteiger partial charge in [0.2, 0.25) is 5.91 Å². The number of carbonyl (C=O) groups is 2. The molecule has 9 nitrogen and oxygen atoms in total. The summed E-state index contributed by atoms with van der Waals surface area (Å²) in [5.41, 5.74) is 0.574. The molecule has 2 aromatic carbocycles. The molecule has 0 radical (unpaired) electrons. The predicted octanol–water partition coefficient (Wildman–Crippen LogP) is 3.22. The molecule has 3 aliphatic heterocycles. The number of para-hydroxylation sites is 1. The molecule has 2 unspecified atom stereocenters. The smallest absolute Gasteiger partial charge is 0.252 e. The van der Waals surface area contributed by atoms with Crippen LogP contribution in [0.25, 0.3) is 0 Å². The number of guanidine groups is 1. The number of rotatable bonds is 6. The van der Waals surface area contributed by atoms with E-state index in [0.717, 1.165) is 18.4 Å². The second kappa shape index (κ2) is 9.37. The summed E-state index contributed by atoms with van der Waals surface area (Å²) >= 11 is 0. The van der Waals surface area contributed by atoms with Gasteiger partial charge in [-0.2, -0.15) is 0 Å². The molecule has 3 heterocycles. The zero-order valence-corrected chi connectivity index (χ0v) is 21.5. The van der Waals surface area contributed by atoms with Crippen LogP contribution in [0.15, 0.2) is 42.5 Å². The van der Waals surface area contributed by atoms with E-state index in [1.54, 1.807) is 18.2 Å². The average Bonchev–Trinajstić information content (AvgIpc) is 3.19. The molecular formula is C28H34N4O5. The molecule has 1 saturated heterocycles. The van der Waals surface area contributed by atoms with Crippen molar-refractivity contribution in [1.29, 1.82) is 5.41 Å². The molecule has 9 heteroatoms. The van der Waals surface area contributed by atoms with Crippen molar-refractivity contribution in [2.45, 2.75) is 69.7 Å². The third-order valence-corrected chi connectivity index (χ3v) is 8.23. The van der Waals surface area contributed by atoms with E-state index in [1.165, 1.54) is 4.90 Å². The topological polar surface area (TPSA) is 124 Å². The zero-order valence-electron chi connectivity index (χ0n) is 21.5. The number of fused-ring (bicyclic) bond motifs is 2. The summed E-state index contributed by atoms with van der Waals surface area (Å²) in [6.45, 7) is 6.05. The molecule has 0 aromatic heterocycles. The number of hydrogen-bond donors (Lipinski definition) is 4. The lowest BCUT2D eigenvalue weighted by atomic mass is 9.85. The Morgan fingerprint density at radius 3 is 2.68 bits per heavy atom. The minimum absolute atomic E-state index is 0.0886. The lowest BCUT2D eigenvalue weighted by Gasteiger charge is -2.45. The summed E-state index contributed by atoms with van der Waals surface area (Å²) in [5, 5.41) is 25.0. The van der Waals surface area contributed by atoms with Crippen molar-refractivity contribution in [3.63, 3.8) is 0 Å². The lowest BCUT2D eigenvalue weighted by molar-refractivity contribution is -0.133. The highest BCUT2D eigenvalue weighted by molar-refractivity contribution is 6.00. The zero-order chi connectivity index (χ0) is 26.4. The molecule has 37 heavy (non-hydrogen) atoms. The van der Waals surface area contributed by atoms with Crippen LogP contribution in [0.4, 0.5) is 0 Å². The normalized spacial score (nSPS) is 25.9. The number of aliphatic hydroxyl groups is 1. The molecule has 2 amide bonds. The minimum Gasteiger partial charge on any atom is -0.493 e. The fourth-order valence-electron chi connectivity index (χ4n) is 5.77. The van der Waals surface area contributed by atoms with Crippen LogP contribution < -0.4 is 20.1 Å². The van der Waals surface area contributed by atoms with Crippen LogP contribution in [-0.2, 0) is 10.3 Å². The van der Waals surface area contributed by atoms with Crippen molar-refractivity contribution >= 4 is 17.8 Å². The van der Waals surface area contributed by atoms with Crippen molar-refractivity contribution in [3.8, 4) is 11.5 Å². The Labute approximate surface area is 216 Å². The molecule has 1 fully saturated rings. The second-order valence-corrected chi connectivity index (χ2v) is 10.2. The largest absolute Gasteiger partial charge is 0.493 e. The quantitative estimate of drug-likeness (QED) is 0.477. The van der Waals surface area contributed by atoms with Gasteiger partial charge in [-0.1, -0.05) is 32.0 Å². The van der Waals surface area contributed by atoms with Crippen LogP contribution in [0.1, 0.15) is 74.0 Å². The average molecular weight is 507 g/mol. The van der Waals surface area contributed by atoms with Gasteiger partial charge in [-0.25, -0.2) is 0 Å². The number of ether oxygens (including phenoxy) is 2. The lowest BCUT2D eigenvalue weighted by Crippen LogP contribution is -2.62. The Kier molecular flexibility index (Phi) is 6.35. The Balaban J connectivity index is 1.43. The molecule has 3 atom stereocenters. The van der Waals surface area contributed by atoms with Crippen molar-refractivity contribution in [2.24, 2.45) is 0 Å². The number of amides is 2.